The summed E-state index contributed by atoms with van der Waals surface area (Å²) in [6, 6.07) is 5.02. The summed E-state index contributed by atoms with van der Waals surface area (Å²) in [6.07, 6.45) is 2.20. The van der Waals surface area contributed by atoms with Gasteiger partial charge in [-0.25, -0.2) is 4.39 Å². The number of rotatable bonds is 1. The molecular weight excluding hydrogens is 193 g/mol. The molecule has 80 valence electrons. The molecule has 1 aromatic rings. The van der Waals surface area contributed by atoms with Crippen molar-refractivity contribution in [3.8, 4) is 0 Å². The molecule has 1 aliphatic heterocycles. The van der Waals surface area contributed by atoms with Gasteiger partial charge in [0.2, 0.25) is 5.91 Å². The number of hydrogen-bond donors (Lipinski definition) is 0. The van der Waals surface area contributed by atoms with Crippen LogP contribution in [-0.2, 0) is 11.2 Å². The van der Waals surface area contributed by atoms with Crippen molar-refractivity contribution in [2.75, 3.05) is 11.4 Å². The smallest absolute Gasteiger partial charge is 0.226 e. The number of aryl methyl sites for hydroxylation is 1. The maximum Gasteiger partial charge on any atom is 0.226 e. The van der Waals surface area contributed by atoms with E-state index in [1.807, 2.05) is 6.07 Å². The highest BCUT2D eigenvalue weighted by Gasteiger charge is 2.24. The molecule has 1 amide bonds. The highest BCUT2D eigenvalue weighted by Crippen LogP contribution is 2.30. The minimum atomic E-state index is -0.283. The maximum absolute atomic E-state index is 13.6. The number of hydrogen-bond acceptors (Lipinski definition) is 1. The molecule has 0 N–H and O–H groups in total. The topological polar surface area (TPSA) is 20.3 Å². The van der Waals surface area contributed by atoms with Crippen LogP contribution in [0.4, 0.5) is 10.1 Å². The Morgan fingerprint density at radius 2 is 2.33 bits per heavy atom. The van der Waals surface area contributed by atoms with Crippen LogP contribution in [0.1, 0.15) is 25.3 Å². The third-order valence-corrected chi connectivity index (χ3v) is 2.77. The van der Waals surface area contributed by atoms with Crippen LogP contribution in [0, 0.1) is 5.82 Å². The van der Waals surface area contributed by atoms with Crippen LogP contribution < -0.4 is 4.90 Å². The van der Waals surface area contributed by atoms with E-state index >= 15 is 0 Å². The van der Waals surface area contributed by atoms with Crippen molar-refractivity contribution < 1.29 is 9.18 Å². The van der Waals surface area contributed by atoms with Crippen LogP contribution in [-0.4, -0.2) is 12.5 Å². The number of benzene rings is 1. The van der Waals surface area contributed by atoms with E-state index in [0.29, 0.717) is 18.7 Å². The average Bonchev–Trinajstić information content (AvgIpc) is 2.28. The summed E-state index contributed by atoms with van der Waals surface area (Å²) in [5.74, 6) is -0.282. The van der Waals surface area contributed by atoms with Crippen LogP contribution in [0.3, 0.4) is 0 Å². The molecule has 2 nitrogen and oxygen atoms in total. The molecule has 15 heavy (non-hydrogen) atoms. The third kappa shape index (κ3) is 1.74. The number of anilines is 1. The van der Waals surface area contributed by atoms with Crippen molar-refractivity contribution in [3.05, 3.63) is 29.6 Å². The van der Waals surface area contributed by atoms with Gasteiger partial charge in [-0.15, -0.1) is 0 Å². The number of nitrogens with zero attached hydrogens (tertiary/aromatic N) is 1. The number of carbonyl (C=O) groups excluding carboxylic acids is 1. The predicted molar refractivity (Wildman–Crippen MR) is 57.4 cm³/mol. The van der Waals surface area contributed by atoms with E-state index in [4.69, 9.17) is 0 Å². The van der Waals surface area contributed by atoms with Crippen LogP contribution in [0.5, 0.6) is 0 Å². The van der Waals surface area contributed by atoms with Crippen LogP contribution in [0.15, 0.2) is 18.2 Å². The van der Waals surface area contributed by atoms with Crippen LogP contribution >= 0.6 is 0 Å². The fourth-order valence-electron chi connectivity index (χ4n) is 2.04. The minimum Gasteiger partial charge on any atom is -0.309 e. The Labute approximate surface area is 88.7 Å². The Hall–Kier alpha value is -1.38. The first-order valence-corrected chi connectivity index (χ1v) is 5.31. The number of para-hydroxylation sites is 1. The standard InChI is InChI=1S/C12H14FNO/c1-2-11(15)14-8-4-6-9-5-3-7-10(13)12(9)14/h3,5,7H,2,4,6,8H2,1H3. The highest BCUT2D eigenvalue weighted by molar-refractivity contribution is 5.94. The second-order valence-corrected chi connectivity index (χ2v) is 3.75. The average molecular weight is 207 g/mol. The summed E-state index contributed by atoms with van der Waals surface area (Å²) < 4.78 is 13.6. The van der Waals surface area contributed by atoms with Crippen molar-refractivity contribution in [2.45, 2.75) is 26.2 Å². The molecule has 0 aromatic heterocycles. The van der Waals surface area contributed by atoms with Crippen molar-refractivity contribution in [2.24, 2.45) is 0 Å². The molecule has 0 spiro atoms. The van der Waals surface area contributed by atoms with Gasteiger partial charge in [-0.2, -0.15) is 0 Å². The van der Waals surface area contributed by atoms with E-state index < -0.39 is 0 Å². The maximum atomic E-state index is 13.6. The summed E-state index contributed by atoms with van der Waals surface area (Å²) in [4.78, 5) is 13.2. The monoisotopic (exact) mass is 207 g/mol. The lowest BCUT2D eigenvalue weighted by molar-refractivity contribution is -0.118. The zero-order chi connectivity index (χ0) is 10.8. The summed E-state index contributed by atoms with van der Waals surface area (Å²) in [6.45, 7) is 2.44. The Morgan fingerprint density at radius 3 is 3.07 bits per heavy atom. The zero-order valence-electron chi connectivity index (χ0n) is 8.79. The van der Waals surface area contributed by atoms with Gasteiger partial charge >= 0.3 is 0 Å². The van der Waals surface area contributed by atoms with Crippen molar-refractivity contribution in [1.82, 2.24) is 0 Å². The SMILES string of the molecule is CCC(=O)N1CCCc2cccc(F)c21. The van der Waals surface area contributed by atoms with Gasteiger partial charge in [0.05, 0.1) is 5.69 Å². The zero-order valence-corrected chi connectivity index (χ0v) is 8.79. The first kappa shape index (κ1) is 10.1. The summed E-state index contributed by atoms with van der Waals surface area (Å²) >= 11 is 0. The summed E-state index contributed by atoms with van der Waals surface area (Å²) in [5.41, 5.74) is 1.44. The van der Waals surface area contributed by atoms with Crippen molar-refractivity contribution >= 4 is 11.6 Å². The third-order valence-electron chi connectivity index (χ3n) is 2.77. The normalized spacial score (nSPS) is 14.9. The number of carbonyl (C=O) groups is 1. The van der Waals surface area contributed by atoms with Crippen LogP contribution in [0.2, 0.25) is 0 Å². The molecule has 2 rings (SSSR count). The summed E-state index contributed by atoms with van der Waals surface area (Å²) in [7, 11) is 0. The lowest BCUT2D eigenvalue weighted by atomic mass is 10.0. The minimum absolute atomic E-state index is 0.000972. The first-order chi connectivity index (χ1) is 7.24. The van der Waals surface area contributed by atoms with E-state index in [-0.39, 0.29) is 11.7 Å². The molecule has 0 saturated carbocycles. The number of amides is 1. The molecule has 1 aliphatic rings. The van der Waals surface area contributed by atoms with E-state index in [0.717, 1.165) is 18.4 Å². The fraction of sp³-hybridized carbons (Fsp3) is 0.417. The lowest BCUT2D eigenvalue weighted by Gasteiger charge is -2.29. The highest BCUT2D eigenvalue weighted by atomic mass is 19.1. The molecule has 0 aliphatic carbocycles. The van der Waals surface area contributed by atoms with Gasteiger partial charge in [0.1, 0.15) is 5.82 Å². The molecule has 0 saturated heterocycles. The molecule has 0 fully saturated rings. The van der Waals surface area contributed by atoms with Gasteiger partial charge in [-0.3, -0.25) is 4.79 Å². The molecule has 1 aromatic carbocycles. The molecule has 3 heteroatoms. The Balaban J connectivity index is 2.45. The Kier molecular flexibility index (Phi) is 2.71. The van der Waals surface area contributed by atoms with Crippen molar-refractivity contribution in [3.63, 3.8) is 0 Å². The van der Waals surface area contributed by atoms with Crippen molar-refractivity contribution in [1.29, 1.82) is 0 Å². The van der Waals surface area contributed by atoms with Gasteiger partial charge in [0.15, 0.2) is 0 Å². The molecule has 0 unspecified atom stereocenters. The second-order valence-electron chi connectivity index (χ2n) is 3.75. The largest absolute Gasteiger partial charge is 0.309 e. The van der Waals surface area contributed by atoms with E-state index in [2.05, 4.69) is 0 Å². The molecule has 1 heterocycles. The molecular formula is C12H14FNO. The van der Waals surface area contributed by atoms with Gasteiger partial charge in [-0.05, 0) is 24.5 Å². The van der Waals surface area contributed by atoms with Gasteiger partial charge in [0, 0.05) is 13.0 Å². The molecule has 0 atom stereocenters. The molecule has 0 bridgehead atoms. The Bertz CT molecular complexity index is 389. The fourth-order valence-corrected chi connectivity index (χ4v) is 2.04. The molecule has 0 radical (unpaired) electrons. The van der Waals surface area contributed by atoms with E-state index in [1.54, 1.807) is 17.9 Å². The predicted octanol–water partition coefficient (Wildman–Crippen LogP) is 2.51. The lowest BCUT2D eigenvalue weighted by Crippen LogP contribution is -2.35. The van der Waals surface area contributed by atoms with E-state index in [9.17, 15) is 9.18 Å². The van der Waals surface area contributed by atoms with Gasteiger partial charge in [0.25, 0.3) is 0 Å². The van der Waals surface area contributed by atoms with Gasteiger partial charge in [-0.1, -0.05) is 19.1 Å². The van der Waals surface area contributed by atoms with Gasteiger partial charge < -0.3 is 4.90 Å². The summed E-state index contributed by atoms with van der Waals surface area (Å²) in [5, 5.41) is 0. The number of fused-ring (bicyclic) bond motifs is 1. The number of halogens is 1. The van der Waals surface area contributed by atoms with E-state index in [1.165, 1.54) is 6.07 Å². The van der Waals surface area contributed by atoms with Crippen LogP contribution in [0.25, 0.3) is 0 Å². The first-order valence-electron chi connectivity index (χ1n) is 5.31. The Morgan fingerprint density at radius 1 is 1.53 bits per heavy atom. The quantitative estimate of drug-likeness (QED) is 0.693. The second kappa shape index (κ2) is 4.01.